The Hall–Kier alpha value is -4.60. The average Bonchev–Trinajstić information content (AvgIpc) is 3.60. The molecule has 0 radical (unpaired) electrons. The molecule has 5 heterocycles. The fourth-order valence-corrected chi connectivity index (χ4v) is 4.11. The Morgan fingerprint density at radius 1 is 1.11 bits per heavy atom. The topological polar surface area (TPSA) is 123 Å². The van der Waals surface area contributed by atoms with Gasteiger partial charge in [0.2, 0.25) is 17.6 Å². The van der Waals surface area contributed by atoms with Gasteiger partial charge in [0, 0.05) is 44.3 Å². The summed E-state index contributed by atoms with van der Waals surface area (Å²) in [6.07, 6.45) is 4.78. The quantitative estimate of drug-likeness (QED) is 0.392. The summed E-state index contributed by atoms with van der Waals surface area (Å²) in [4.78, 5) is 35.2. The summed E-state index contributed by atoms with van der Waals surface area (Å²) < 4.78 is 11.3. The van der Waals surface area contributed by atoms with E-state index in [-0.39, 0.29) is 5.91 Å². The molecule has 174 valence electrons. The standard InChI is InChI=1S/C25H21N7O3/c1-15-28-25(31-35-15)19-8-7-17(13-27-19)34-22-12-21-20(11-16(22)14-32-10-4-6-23(32)33)29-24(30-21)18-5-2-3-9-26-18/h2-3,5,7-9,11-13H,4,6,10,14H2,1H3,(H,29,30). The molecule has 1 aromatic carbocycles. The molecule has 10 nitrogen and oxygen atoms in total. The molecular weight excluding hydrogens is 446 g/mol. The number of imidazole rings is 1. The van der Waals surface area contributed by atoms with Gasteiger partial charge in [-0.1, -0.05) is 11.2 Å². The maximum Gasteiger partial charge on any atom is 0.223 e. The molecule has 4 aromatic heterocycles. The number of hydrogen-bond acceptors (Lipinski definition) is 8. The SMILES string of the molecule is Cc1nc(-c2ccc(Oc3cc4nc(-c5ccccn5)[nH]c4cc3CN3CCCC3=O)cn2)no1. The summed E-state index contributed by atoms with van der Waals surface area (Å²) in [7, 11) is 0. The zero-order chi connectivity index (χ0) is 23.8. The smallest absolute Gasteiger partial charge is 0.223 e. The summed E-state index contributed by atoms with van der Waals surface area (Å²) in [6, 6.07) is 13.1. The number of nitrogens with one attached hydrogen (secondary N) is 1. The third-order valence-electron chi connectivity index (χ3n) is 5.83. The van der Waals surface area contributed by atoms with E-state index in [0.717, 1.165) is 35.3 Å². The molecule has 0 spiro atoms. The molecule has 0 aliphatic carbocycles. The Labute approximate surface area is 200 Å². The van der Waals surface area contributed by atoms with Gasteiger partial charge >= 0.3 is 0 Å². The number of rotatable bonds is 6. The van der Waals surface area contributed by atoms with Crippen LogP contribution in [0.2, 0.25) is 0 Å². The van der Waals surface area contributed by atoms with Crippen LogP contribution in [0.3, 0.4) is 0 Å². The van der Waals surface area contributed by atoms with Crippen LogP contribution >= 0.6 is 0 Å². The van der Waals surface area contributed by atoms with Crippen molar-refractivity contribution in [2.75, 3.05) is 6.54 Å². The van der Waals surface area contributed by atoms with Gasteiger partial charge in [-0.05, 0) is 36.8 Å². The monoisotopic (exact) mass is 467 g/mol. The van der Waals surface area contributed by atoms with Gasteiger partial charge in [-0.15, -0.1) is 0 Å². The zero-order valence-electron chi connectivity index (χ0n) is 18.9. The Balaban J connectivity index is 1.35. The Bertz CT molecular complexity index is 1510. The van der Waals surface area contributed by atoms with E-state index in [2.05, 4.69) is 25.1 Å². The van der Waals surface area contributed by atoms with Gasteiger partial charge in [0.15, 0.2) is 5.82 Å². The van der Waals surface area contributed by atoms with Gasteiger partial charge in [-0.25, -0.2) is 9.97 Å². The number of fused-ring (bicyclic) bond motifs is 1. The van der Waals surface area contributed by atoms with Crippen LogP contribution in [0.25, 0.3) is 34.1 Å². The molecule has 1 fully saturated rings. The minimum Gasteiger partial charge on any atom is -0.455 e. The molecule has 0 bridgehead atoms. The molecule has 1 aliphatic rings. The number of aromatic amines is 1. The van der Waals surface area contributed by atoms with E-state index in [1.54, 1.807) is 31.5 Å². The lowest BCUT2D eigenvalue weighted by Crippen LogP contribution is -2.24. The van der Waals surface area contributed by atoms with Crippen molar-refractivity contribution in [1.82, 2.24) is 35.0 Å². The third kappa shape index (κ3) is 4.21. The number of likely N-dealkylation sites (tertiary alicyclic amines) is 1. The Morgan fingerprint density at radius 2 is 2.06 bits per heavy atom. The van der Waals surface area contributed by atoms with E-state index in [4.69, 9.17) is 14.2 Å². The van der Waals surface area contributed by atoms with Crippen molar-refractivity contribution < 1.29 is 14.1 Å². The first-order chi connectivity index (χ1) is 17.1. The number of benzene rings is 1. The Morgan fingerprint density at radius 3 is 2.77 bits per heavy atom. The van der Waals surface area contributed by atoms with Crippen molar-refractivity contribution in [3.05, 3.63) is 66.3 Å². The van der Waals surface area contributed by atoms with Crippen molar-refractivity contribution in [3.63, 3.8) is 0 Å². The number of carbonyl (C=O) groups excluding carboxylic acids is 1. The Kier molecular flexibility index (Phi) is 5.17. The lowest BCUT2D eigenvalue weighted by atomic mass is 10.1. The molecule has 0 saturated carbocycles. The molecule has 0 atom stereocenters. The van der Waals surface area contributed by atoms with Crippen molar-refractivity contribution in [3.8, 4) is 34.5 Å². The van der Waals surface area contributed by atoms with Crippen LogP contribution in [0.1, 0.15) is 24.3 Å². The predicted molar refractivity (Wildman–Crippen MR) is 126 cm³/mol. The highest BCUT2D eigenvalue weighted by Crippen LogP contribution is 2.32. The van der Waals surface area contributed by atoms with Crippen molar-refractivity contribution in [2.24, 2.45) is 0 Å². The molecule has 1 saturated heterocycles. The van der Waals surface area contributed by atoms with E-state index >= 15 is 0 Å². The fraction of sp³-hybridized carbons (Fsp3) is 0.200. The van der Waals surface area contributed by atoms with E-state index in [1.807, 2.05) is 35.2 Å². The predicted octanol–water partition coefficient (Wildman–Crippen LogP) is 4.29. The number of aryl methyl sites for hydroxylation is 1. The van der Waals surface area contributed by atoms with E-state index in [1.165, 1.54) is 0 Å². The number of nitrogens with zero attached hydrogens (tertiary/aromatic N) is 6. The second kappa shape index (κ2) is 8.64. The van der Waals surface area contributed by atoms with E-state index in [9.17, 15) is 4.79 Å². The molecule has 1 N–H and O–H groups in total. The summed E-state index contributed by atoms with van der Waals surface area (Å²) >= 11 is 0. The summed E-state index contributed by atoms with van der Waals surface area (Å²) in [5.41, 5.74) is 3.80. The maximum atomic E-state index is 12.3. The second-order valence-electron chi connectivity index (χ2n) is 8.31. The number of H-pyrrole nitrogens is 1. The largest absolute Gasteiger partial charge is 0.455 e. The number of aromatic nitrogens is 6. The van der Waals surface area contributed by atoms with Crippen LogP contribution in [0, 0.1) is 6.92 Å². The van der Waals surface area contributed by atoms with E-state index in [0.29, 0.717) is 47.7 Å². The van der Waals surface area contributed by atoms with Crippen LogP contribution < -0.4 is 4.74 Å². The van der Waals surface area contributed by atoms with Crippen molar-refractivity contribution >= 4 is 16.9 Å². The molecule has 10 heteroatoms. The first-order valence-corrected chi connectivity index (χ1v) is 11.3. The molecule has 1 amide bonds. The molecule has 35 heavy (non-hydrogen) atoms. The van der Waals surface area contributed by atoms with Gasteiger partial charge < -0.3 is 19.1 Å². The van der Waals surface area contributed by atoms with Gasteiger partial charge in [0.25, 0.3) is 0 Å². The highest BCUT2D eigenvalue weighted by atomic mass is 16.5. The lowest BCUT2D eigenvalue weighted by molar-refractivity contribution is -0.128. The first-order valence-electron chi connectivity index (χ1n) is 11.3. The third-order valence-corrected chi connectivity index (χ3v) is 5.83. The summed E-state index contributed by atoms with van der Waals surface area (Å²) in [6.45, 7) is 2.92. The summed E-state index contributed by atoms with van der Waals surface area (Å²) in [5.74, 6) is 2.87. The van der Waals surface area contributed by atoms with Gasteiger partial charge in [0.05, 0.1) is 17.2 Å². The lowest BCUT2D eigenvalue weighted by Gasteiger charge is -2.18. The van der Waals surface area contributed by atoms with Crippen LogP contribution in [-0.4, -0.2) is 47.4 Å². The molecule has 5 aromatic rings. The number of carbonyl (C=O) groups is 1. The number of amides is 1. The highest BCUT2D eigenvalue weighted by Gasteiger charge is 2.23. The van der Waals surface area contributed by atoms with Crippen LogP contribution in [0.15, 0.2) is 59.4 Å². The van der Waals surface area contributed by atoms with Crippen LogP contribution in [0.5, 0.6) is 11.5 Å². The van der Waals surface area contributed by atoms with Crippen LogP contribution in [-0.2, 0) is 11.3 Å². The molecule has 6 rings (SSSR count). The minimum atomic E-state index is 0.149. The normalized spacial score (nSPS) is 13.6. The minimum absolute atomic E-state index is 0.149. The summed E-state index contributed by atoms with van der Waals surface area (Å²) in [5, 5.41) is 3.90. The highest BCUT2D eigenvalue weighted by molar-refractivity contribution is 5.82. The van der Waals surface area contributed by atoms with Crippen molar-refractivity contribution in [1.29, 1.82) is 0 Å². The van der Waals surface area contributed by atoms with E-state index < -0.39 is 0 Å². The molecular formula is C25H21N7O3. The van der Waals surface area contributed by atoms with Gasteiger partial charge in [-0.3, -0.25) is 9.78 Å². The van der Waals surface area contributed by atoms with Gasteiger partial charge in [-0.2, -0.15) is 4.98 Å². The maximum absolute atomic E-state index is 12.3. The fourth-order valence-electron chi connectivity index (χ4n) is 4.11. The zero-order valence-corrected chi connectivity index (χ0v) is 18.9. The number of hydrogen-bond donors (Lipinski definition) is 1. The number of pyridine rings is 2. The second-order valence-corrected chi connectivity index (χ2v) is 8.31. The average molecular weight is 467 g/mol. The molecule has 1 aliphatic heterocycles. The first kappa shape index (κ1) is 21.0. The van der Waals surface area contributed by atoms with Crippen molar-refractivity contribution in [2.45, 2.75) is 26.3 Å². The number of ether oxygens (including phenoxy) is 1. The van der Waals surface area contributed by atoms with Gasteiger partial charge in [0.1, 0.15) is 22.9 Å². The van der Waals surface area contributed by atoms with Crippen LogP contribution in [0.4, 0.5) is 0 Å². The molecule has 0 unspecified atom stereocenters.